The van der Waals surface area contributed by atoms with Crippen LogP contribution in [-0.4, -0.2) is 69.6 Å². The van der Waals surface area contributed by atoms with Crippen molar-refractivity contribution in [1.82, 2.24) is 25.0 Å². The third-order valence-corrected chi connectivity index (χ3v) is 5.91. The second-order valence-electron chi connectivity index (χ2n) is 7.80. The number of rotatable bonds is 4. The van der Waals surface area contributed by atoms with Gasteiger partial charge in [0.2, 0.25) is 0 Å². The number of piperidine rings is 1. The molecule has 2 N–H and O–H groups in total. The van der Waals surface area contributed by atoms with Crippen LogP contribution >= 0.6 is 0 Å². The number of aryl methyl sites for hydroxylation is 1. The predicted octanol–water partition coefficient (Wildman–Crippen LogP) is 1.20. The number of pyridine rings is 1. The summed E-state index contributed by atoms with van der Waals surface area (Å²) in [5.74, 6) is 1.19. The van der Waals surface area contributed by atoms with E-state index >= 15 is 0 Å². The zero-order valence-electron chi connectivity index (χ0n) is 16.2. The number of anilines is 1. The van der Waals surface area contributed by atoms with Crippen LogP contribution in [-0.2, 0) is 7.05 Å². The first-order chi connectivity index (χ1) is 13.6. The maximum Gasteiger partial charge on any atom is 0.317 e. The van der Waals surface area contributed by atoms with Gasteiger partial charge < -0.3 is 20.2 Å². The van der Waals surface area contributed by atoms with Gasteiger partial charge in [-0.25, -0.2) is 9.78 Å². The summed E-state index contributed by atoms with van der Waals surface area (Å²) in [6, 6.07) is 6.10. The highest BCUT2D eigenvalue weighted by Gasteiger charge is 2.37. The first kappa shape index (κ1) is 18.7. The molecule has 4 heterocycles. The second kappa shape index (κ2) is 8.18. The maximum atomic E-state index is 12.8. The molecule has 0 unspecified atom stereocenters. The van der Waals surface area contributed by atoms with E-state index in [0.717, 1.165) is 37.3 Å². The van der Waals surface area contributed by atoms with E-state index in [1.165, 1.54) is 0 Å². The number of hydrogen-bond acceptors (Lipinski definition) is 5. The van der Waals surface area contributed by atoms with Crippen molar-refractivity contribution in [2.75, 3.05) is 37.7 Å². The molecule has 2 aliphatic rings. The lowest BCUT2D eigenvalue weighted by Gasteiger charge is -2.34. The van der Waals surface area contributed by atoms with Crippen LogP contribution in [0.15, 0.2) is 36.8 Å². The van der Waals surface area contributed by atoms with Gasteiger partial charge in [0.15, 0.2) is 0 Å². The number of amides is 2. The Bertz CT molecular complexity index is 787. The Kier molecular flexibility index (Phi) is 5.47. The number of likely N-dealkylation sites (tertiary alicyclic amines) is 1. The summed E-state index contributed by atoms with van der Waals surface area (Å²) in [6.07, 6.45) is 7.44. The lowest BCUT2D eigenvalue weighted by atomic mass is 9.92. The monoisotopic (exact) mass is 384 g/mol. The molecule has 2 aromatic heterocycles. The van der Waals surface area contributed by atoms with Crippen LogP contribution in [0.1, 0.15) is 24.3 Å². The molecule has 28 heavy (non-hydrogen) atoms. The van der Waals surface area contributed by atoms with Gasteiger partial charge in [-0.3, -0.25) is 4.68 Å². The predicted molar refractivity (Wildman–Crippen MR) is 106 cm³/mol. The molecule has 8 heteroatoms. The van der Waals surface area contributed by atoms with Crippen LogP contribution in [0, 0.1) is 5.92 Å². The molecule has 0 spiro atoms. The van der Waals surface area contributed by atoms with Crippen LogP contribution in [0.3, 0.4) is 0 Å². The highest BCUT2D eigenvalue weighted by Crippen LogP contribution is 2.32. The lowest BCUT2D eigenvalue weighted by Crippen LogP contribution is -2.49. The Hall–Kier alpha value is -2.61. The lowest BCUT2D eigenvalue weighted by molar-refractivity contribution is 0.192. The molecule has 0 radical (unpaired) electrons. The number of nitrogens with one attached hydrogen (secondary N) is 1. The van der Waals surface area contributed by atoms with Crippen LogP contribution in [0.25, 0.3) is 0 Å². The van der Waals surface area contributed by atoms with Crippen molar-refractivity contribution in [3.63, 3.8) is 0 Å². The minimum atomic E-state index is -0.0267. The Morgan fingerprint density at radius 2 is 2.11 bits per heavy atom. The third kappa shape index (κ3) is 3.96. The normalized spacial score (nSPS) is 23.2. The fourth-order valence-corrected chi connectivity index (χ4v) is 4.29. The average molecular weight is 384 g/mol. The minimum absolute atomic E-state index is 0.0267. The first-order valence-corrected chi connectivity index (χ1v) is 9.95. The average Bonchev–Trinajstić information content (AvgIpc) is 3.35. The first-order valence-electron chi connectivity index (χ1n) is 9.95. The zero-order chi connectivity index (χ0) is 19.5. The van der Waals surface area contributed by atoms with Crippen LogP contribution in [0.2, 0.25) is 0 Å². The molecule has 0 saturated carbocycles. The van der Waals surface area contributed by atoms with E-state index in [1.807, 2.05) is 48.7 Å². The Morgan fingerprint density at radius 3 is 2.75 bits per heavy atom. The number of aromatic nitrogens is 3. The van der Waals surface area contributed by atoms with Crippen molar-refractivity contribution in [3.05, 3.63) is 42.4 Å². The fraction of sp³-hybridized carbons (Fsp3) is 0.550. The molecule has 2 aromatic rings. The van der Waals surface area contributed by atoms with Gasteiger partial charge in [0.25, 0.3) is 0 Å². The largest absolute Gasteiger partial charge is 0.396 e. The summed E-state index contributed by atoms with van der Waals surface area (Å²) in [7, 11) is 1.88. The van der Waals surface area contributed by atoms with Crippen molar-refractivity contribution < 1.29 is 9.90 Å². The smallest absolute Gasteiger partial charge is 0.317 e. The Morgan fingerprint density at radius 1 is 1.29 bits per heavy atom. The maximum absolute atomic E-state index is 12.8. The topological polar surface area (TPSA) is 86.5 Å². The summed E-state index contributed by atoms with van der Waals surface area (Å²) < 4.78 is 1.77. The number of aliphatic hydroxyl groups excluding tert-OH is 1. The summed E-state index contributed by atoms with van der Waals surface area (Å²) >= 11 is 0. The van der Waals surface area contributed by atoms with Crippen molar-refractivity contribution in [3.8, 4) is 0 Å². The molecule has 8 nitrogen and oxygen atoms in total. The minimum Gasteiger partial charge on any atom is -0.396 e. The molecule has 0 aromatic carbocycles. The van der Waals surface area contributed by atoms with Gasteiger partial charge in [-0.1, -0.05) is 6.07 Å². The number of aliphatic hydroxyl groups is 1. The van der Waals surface area contributed by atoms with Gasteiger partial charge in [-0.15, -0.1) is 0 Å². The molecule has 2 amide bonds. The number of carbonyl (C=O) groups is 1. The highest BCUT2D eigenvalue weighted by molar-refractivity contribution is 5.75. The van der Waals surface area contributed by atoms with Crippen molar-refractivity contribution in [2.45, 2.75) is 24.8 Å². The third-order valence-electron chi connectivity index (χ3n) is 5.91. The number of nitrogens with zero attached hydrogens (tertiary/aromatic N) is 5. The van der Waals surface area contributed by atoms with E-state index in [2.05, 4.69) is 20.3 Å². The number of urea groups is 1. The van der Waals surface area contributed by atoms with Gasteiger partial charge in [0.05, 0.1) is 6.20 Å². The van der Waals surface area contributed by atoms with E-state index in [1.54, 1.807) is 4.68 Å². The van der Waals surface area contributed by atoms with Crippen LogP contribution in [0.5, 0.6) is 0 Å². The van der Waals surface area contributed by atoms with Gasteiger partial charge in [0.1, 0.15) is 5.82 Å². The summed E-state index contributed by atoms with van der Waals surface area (Å²) in [5.41, 5.74) is 1.08. The highest BCUT2D eigenvalue weighted by atomic mass is 16.3. The number of hydrogen-bond donors (Lipinski definition) is 2. The van der Waals surface area contributed by atoms with Gasteiger partial charge in [0, 0.05) is 70.1 Å². The molecular weight excluding hydrogens is 356 g/mol. The van der Waals surface area contributed by atoms with Gasteiger partial charge in [-0.2, -0.15) is 5.10 Å². The van der Waals surface area contributed by atoms with E-state index in [0.29, 0.717) is 13.1 Å². The van der Waals surface area contributed by atoms with E-state index in [9.17, 15) is 9.90 Å². The molecule has 0 bridgehead atoms. The zero-order valence-corrected chi connectivity index (χ0v) is 16.2. The summed E-state index contributed by atoms with van der Waals surface area (Å²) in [5, 5.41) is 17.2. The molecule has 0 aliphatic carbocycles. The summed E-state index contributed by atoms with van der Waals surface area (Å²) in [6.45, 7) is 3.05. The van der Waals surface area contributed by atoms with Crippen LogP contribution < -0.4 is 10.2 Å². The molecule has 4 rings (SSSR count). The van der Waals surface area contributed by atoms with Crippen LogP contribution in [0.4, 0.5) is 10.6 Å². The van der Waals surface area contributed by atoms with E-state index in [-0.39, 0.29) is 30.5 Å². The molecule has 2 atom stereocenters. The van der Waals surface area contributed by atoms with Crippen molar-refractivity contribution in [2.24, 2.45) is 13.0 Å². The molecular formula is C20H28N6O2. The van der Waals surface area contributed by atoms with Gasteiger partial charge >= 0.3 is 6.03 Å². The Labute approximate surface area is 165 Å². The quantitative estimate of drug-likeness (QED) is 0.827. The van der Waals surface area contributed by atoms with Crippen molar-refractivity contribution in [1.29, 1.82) is 0 Å². The van der Waals surface area contributed by atoms with Gasteiger partial charge in [-0.05, 0) is 30.5 Å². The Balaban J connectivity index is 1.31. The van der Waals surface area contributed by atoms with Crippen molar-refractivity contribution >= 4 is 11.8 Å². The fourth-order valence-electron chi connectivity index (χ4n) is 4.29. The molecule has 150 valence electrons. The SMILES string of the molecule is Cn1cc([C@@H]2CN(C(=O)NC3CCN(c4ccccn4)CC3)C[C@H]2CO)cn1. The molecule has 2 fully saturated rings. The molecule has 2 aliphatic heterocycles. The molecule has 2 saturated heterocycles. The van der Waals surface area contributed by atoms with E-state index in [4.69, 9.17) is 0 Å². The summed E-state index contributed by atoms with van der Waals surface area (Å²) in [4.78, 5) is 21.3. The second-order valence-corrected chi connectivity index (χ2v) is 7.80. The standard InChI is InChI=1S/C20H28N6O2/c1-24-11-15(10-22-24)18-13-26(12-16(18)14-27)20(28)23-17-5-8-25(9-6-17)19-4-2-3-7-21-19/h2-4,7,10-11,16-18,27H,5-6,8-9,12-14H2,1H3,(H,23,28)/t16-,18-/m0/s1. The van der Waals surface area contributed by atoms with E-state index < -0.39 is 0 Å². The number of carbonyl (C=O) groups excluding carboxylic acids is 1.